The van der Waals surface area contributed by atoms with Crippen LogP contribution in [-0.4, -0.2) is 5.91 Å². The number of primary amides is 1. The van der Waals surface area contributed by atoms with Crippen molar-refractivity contribution in [2.24, 2.45) is 5.73 Å². The van der Waals surface area contributed by atoms with Gasteiger partial charge < -0.3 is 5.73 Å². The molecule has 2 nitrogen and oxygen atoms in total. The minimum absolute atomic E-state index is 0.0116. The molecule has 1 amide bonds. The van der Waals surface area contributed by atoms with Gasteiger partial charge in [-0.25, -0.2) is 0 Å². The van der Waals surface area contributed by atoms with Crippen LogP contribution in [0, 0.1) is 0 Å². The fraction of sp³-hybridized carbons (Fsp3) is 0.125. The SMILES string of the molecule is NC(=O)c1ccc(P)c(C(F)(F)F)c1. The summed E-state index contributed by atoms with van der Waals surface area (Å²) in [6.45, 7) is 0. The van der Waals surface area contributed by atoms with Gasteiger partial charge in [0, 0.05) is 5.56 Å². The van der Waals surface area contributed by atoms with Crippen LogP contribution in [0.2, 0.25) is 0 Å². The fourth-order valence-corrected chi connectivity index (χ4v) is 1.30. The van der Waals surface area contributed by atoms with Gasteiger partial charge >= 0.3 is 6.18 Å². The summed E-state index contributed by atoms with van der Waals surface area (Å²) in [6.07, 6.45) is -4.47. The van der Waals surface area contributed by atoms with Crippen molar-refractivity contribution in [3.63, 3.8) is 0 Å². The highest BCUT2D eigenvalue weighted by Gasteiger charge is 2.32. The molecule has 0 saturated heterocycles. The monoisotopic (exact) mass is 221 g/mol. The molecule has 0 aliphatic heterocycles. The van der Waals surface area contributed by atoms with E-state index >= 15 is 0 Å². The normalized spacial score (nSPS) is 11.4. The number of amides is 1. The van der Waals surface area contributed by atoms with Gasteiger partial charge in [0.1, 0.15) is 0 Å². The maximum Gasteiger partial charge on any atom is 0.417 e. The molecule has 1 unspecified atom stereocenters. The number of nitrogens with two attached hydrogens (primary N) is 1. The summed E-state index contributed by atoms with van der Waals surface area (Å²) in [5.74, 6) is -0.875. The lowest BCUT2D eigenvalue weighted by Gasteiger charge is -2.10. The van der Waals surface area contributed by atoms with Crippen LogP contribution in [0.15, 0.2) is 18.2 Å². The summed E-state index contributed by atoms with van der Waals surface area (Å²) in [6, 6.07) is 3.18. The second-order valence-corrected chi connectivity index (χ2v) is 3.29. The lowest BCUT2D eigenvalue weighted by Crippen LogP contribution is -2.18. The third-order valence-electron chi connectivity index (χ3n) is 1.64. The lowest BCUT2D eigenvalue weighted by atomic mass is 10.1. The number of rotatable bonds is 1. The van der Waals surface area contributed by atoms with Crippen molar-refractivity contribution >= 4 is 20.5 Å². The molecule has 6 heteroatoms. The van der Waals surface area contributed by atoms with Gasteiger partial charge in [0.25, 0.3) is 0 Å². The zero-order valence-electron chi connectivity index (χ0n) is 6.93. The Morgan fingerprint density at radius 1 is 1.36 bits per heavy atom. The summed E-state index contributed by atoms with van der Waals surface area (Å²) < 4.78 is 37.0. The van der Waals surface area contributed by atoms with E-state index in [0.717, 1.165) is 6.07 Å². The second-order valence-electron chi connectivity index (χ2n) is 2.66. The Kier molecular flexibility index (Phi) is 2.81. The largest absolute Gasteiger partial charge is 0.417 e. The summed E-state index contributed by atoms with van der Waals surface area (Å²) in [5, 5.41) is -0.0116. The summed E-state index contributed by atoms with van der Waals surface area (Å²) >= 11 is 0. The van der Waals surface area contributed by atoms with Crippen LogP contribution in [0.3, 0.4) is 0 Å². The molecule has 0 aliphatic rings. The predicted octanol–water partition coefficient (Wildman–Crippen LogP) is 1.30. The van der Waals surface area contributed by atoms with E-state index in [2.05, 4.69) is 0 Å². The highest BCUT2D eigenvalue weighted by molar-refractivity contribution is 7.27. The number of carbonyl (C=O) groups excluding carboxylic acids is 1. The highest BCUT2D eigenvalue weighted by atomic mass is 31.0. The predicted molar refractivity (Wildman–Crippen MR) is 49.3 cm³/mol. The van der Waals surface area contributed by atoms with Gasteiger partial charge in [-0.15, -0.1) is 9.24 Å². The maximum atomic E-state index is 12.3. The standard InChI is InChI=1S/C8H7F3NOP/c9-8(10,11)5-3-4(7(12)13)1-2-6(5)14/h1-3H,14H2,(H2,12,13). The molecule has 0 saturated carbocycles. The molecule has 0 bridgehead atoms. The Labute approximate surface area is 80.5 Å². The van der Waals surface area contributed by atoms with Crippen LogP contribution in [0.4, 0.5) is 13.2 Å². The molecule has 1 aromatic rings. The molecule has 1 atom stereocenters. The number of benzene rings is 1. The number of hydrogen-bond donors (Lipinski definition) is 1. The summed E-state index contributed by atoms with van der Waals surface area (Å²) in [5.41, 5.74) is 3.85. The zero-order chi connectivity index (χ0) is 10.9. The van der Waals surface area contributed by atoms with E-state index in [1.54, 1.807) is 0 Å². The van der Waals surface area contributed by atoms with Crippen molar-refractivity contribution in [1.29, 1.82) is 0 Å². The van der Waals surface area contributed by atoms with Crippen LogP contribution in [0.5, 0.6) is 0 Å². The van der Waals surface area contributed by atoms with Crippen molar-refractivity contribution in [3.05, 3.63) is 29.3 Å². The average molecular weight is 221 g/mol. The number of carbonyl (C=O) groups is 1. The number of halogens is 3. The molecular formula is C8H7F3NOP. The van der Waals surface area contributed by atoms with E-state index in [-0.39, 0.29) is 10.9 Å². The van der Waals surface area contributed by atoms with E-state index in [0.29, 0.717) is 0 Å². The number of alkyl halides is 3. The molecule has 0 aromatic heterocycles. The van der Waals surface area contributed by atoms with Crippen molar-refractivity contribution in [3.8, 4) is 0 Å². The van der Waals surface area contributed by atoms with Crippen LogP contribution >= 0.6 is 9.24 Å². The lowest BCUT2D eigenvalue weighted by molar-refractivity contribution is -0.136. The Morgan fingerprint density at radius 3 is 2.36 bits per heavy atom. The van der Waals surface area contributed by atoms with Crippen LogP contribution < -0.4 is 11.0 Å². The van der Waals surface area contributed by atoms with Gasteiger partial charge in [-0.1, -0.05) is 6.07 Å². The smallest absolute Gasteiger partial charge is 0.366 e. The van der Waals surface area contributed by atoms with Crippen molar-refractivity contribution in [2.45, 2.75) is 6.18 Å². The van der Waals surface area contributed by atoms with E-state index in [9.17, 15) is 18.0 Å². The third kappa shape index (κ3) is 2.23. The zero-order valence-corrected chi connectivity index (χ0v) is 8.08. The molecule has 0 fully saturated rings. The quantitative estimate of drug-likeness (QED) is 0.713. The molecule has 0 radical (unpaired) electrons. The molecule has 1 aromatic carbocycles. The molecule has 0 aliphatic carbocycles. The number of hydrogen-bond acceptors (Lipinski definition) is 1. The Balaban J connectivity index is 3.29. The van der Waals surface area contributed by atoms with Crippen molar-refractivity contribution < 1.29 is 18.0 Å². The Bertz CT molecular complexity index is 375. The van der Waals surface area contributed by atoms with Gasteiger partial charge in [-0.3, -0.25) is 4.79 Å². The van der Waals surface area contributed by atoms with Crippen molar-refractivity contribution in [2.75, 3.05) is 0 Å². The highest BCUT2D eigenvalue weighted by Crippen LogP contribution is 2.29. The van der Waals surface area contributed by atoms with Gasteiger partial charge in [-0.2, -0.15) is 13.2 Å². The van der Waals surface area contributed by atoms with Gasteiger partial charge in [0.15, 0.2) is 0 Å². The van der Waals surface area contributed by atoms with E-state index in [1.165, 1.54) is 12.1 Å². The minimum Gasteiger partial charge on any atom is -0.366 e. The van der Waals surface area contributed by atoms with Gasteiger partial charge in [0.2, 0.25) is 5.91 Å². The third-order valence-corrected chi connectivity index (χ3v) is 2.15. The first-order valence-corrected chi connectivity index (χ1v) is 4.16. The summed E-state index contributed by atoms with van der Waals surface area (Å²) in [7, 11) is 1.96. The molecule has 0 spiro atoms. The first-order valence-electron chi connectivity index (χ1n) is 3.59. The van der Waals surface area contributed by atoms with Crippen LogP contribution in [-0.2, 0) is 6.18 Å². The molecule has 2 N–H and O–H groups in total. The minimum atomic E-state index is -4.47. The van der Waals surface area contributed by atoms with E-state index < -0.39 is 17.6 Å². The summed E-state index contributed by atoms with van der Waals surface area (Å²) in [4.78, 5) is 10.6. The molecular weight excluding hydrogens is 214 g/mol. The maximum absolute atomic E-state index is 12.3. The topological polar surface area (TPSA) is 43.1 Å². The average Bonchev–Trinajstić information content (AvgIpc) is 2.02. The van der Waals surface area contributed by atoms with Crippen LogP contribution in [0.25, 0.3) is 0 Å². The molecule has 14 heavy (non-hydrogen) atoms. The second kappa shape index (κ2) is 3.58. The first-order chi connectivity index (χ1) is 6.32. The Hall–Kier alpha value is -1.09. The molecule has 1 rings (SSSR count). The van der Waals surface area contributed by atoms with Gasteiger partial charge in [-0.05, 0) is 17.4 Å². The molecule has 76 valence electrons. The fourth-order valence-electron chi connectivity index (χ4n) is 0.955. The van der Waals surface area contributed by atoms with Crippen LogP contribution in [0.1, 0.15) is 15.9 Å². The van der Waals surface area contributed by atoms with E-state index in [4.69, 9.17) is 5.73 Å². The first kappa shape index (κ1) is 11.0. The van der Waals surface area contributed by atoms with Crippen molar-refractivity contribution in [1.82, 2.24) is 0 Å². The molecule has 0 heterocycles. The Morgan fingerprint density at radius 2 is 1.93 bits per heavy atom. The van der Waals surface area contributed by atoms with Gasteiger partial charge in [0.05, 0.1) is 5.56 Å². The van der Waals surface area contributed by atoms with E-state index in [1.807, 2.05) is 9.24 Å².